The molecule has 0 aliphatic heterocycles. The van der Waals surface area contributed by atoms with Gasteiger partial charge in [0.1, 0.15) is 0 Å². The largest absolute Gasteiger partial charge is 0.478 e. The molecule has 0 bridgehead atoms. The first-order chi connectivity index (χ1) is 10.8. The summed E-state index contributed by atoms with van der Waals surface area (Å²) in [4.78, 5) is 15.3. The lowest BCUT2D eigenvalue weighted by atomic mass is 10.1. The SMILES string of the molecule is CCOc1cc(C(F)(F)F)c(-c2cc(C(=O)OC)nn2C)cn1. The Labute approximate surface area is 129 Å². The van der Waals surface area contributed by atoms with Gasteiger partial charge in [0.2, 0.25) is 5.88 Å². The molecule has 2 rings (SSSR count). The number of aromatic nitrogens is 3. The normalized spacial score (nSPS) is 11.4. The molecule has 124 valence electrons. The first kappa shape index (κ1) is 16.8. The van der Waals surface area contributed by atoms with Gasteiger partial charge >= 0.3 is 12.1 Å². The monoisotopic (exact) mass is 329 g/mol. The van der Waals surface area contributed by atoms with E-state index in [1.807, 2.05) is 0 Å². The molecule has 0 spiro atoms. The molecule has 0 atom stereocenters. The molecule has 2 aromatic rings. The Balaban J connectivity index is 2.59. The number of rotatable bonds is 4. The van der Waals surface area contributed by atoms with Crippen LogP contribution in [0.4, 0.5) is 13.2 Å². The van der Waals surface area contributed by atoms with E-state index in [0.717, 1.165) is 19.4 Å². The molecular weight excluding hydrogens is 315 g/mol. The third-order valence-corrected chi connectivity index (χ3v) is 3.03. The van der Waals surface area contributed by atoms with Gasteiger partial charge in [-0.25, -0.2) is 9.78 Å². The molecule has 0 aliphatic carbocycles. The van der Waals surface area contributed by atoms with Crippen molar-refractivity contribution in [2.45, 2.75) is 13.1 Å². The Morgan fingerprint density at radius 1 is 1.35 bits per heavy atom. The van der Waals surface area contributed by atoms with Crippen LogP contribution in [-0.2, 0) is 18.0 Å². The molecule has 0 N–H and O–H groups in total. The van der Waals surface area contributed by atoms with E-state index in [2.05, 4.69) is 14.8 Å². The number of alkyl halides is 3. The summed E-state index contributed by atoms with van der Waals surface area (Å²) in [6.45, 7) is 1.84. The summed E-state index contributed by atoms with van der Waals surface area (Å²) in [7, 11) is 2.59. The lowest BCUT2D eigenvalue weighted by molar-refractivity contribution is -0.137. The van der Waals surface area contributed by atoms with Crippen molar-refractivity contribution in [2.75, 3.05) is 13.7 Å². The van der Waals surface area contributed by atoms with Crippen LogP contribution in [0, 0.1) is 0 Å². The van der Waals surface area contributed by atoms with E-state index in [-0.39, 0.29) is 29.4 Å². The van der Waals surface area contributed by atoms with Gasteiger partial charge in [-0.1, -0.05) is 0 Å². The van der Waals surface area contributed by atoms with Gasteiger partial charge in [-0.05, 0) is 13.0 Å². The molecule has 0 unspecified atom stereocenters. The molecular formula is C14H14F3N3O3. The third kappa shape index (κ3) is 3.43. The topological polar surface area (TPSA) is 66.2 Å². The maximum atomic E-state index is 13.3. The van der Waals surface area contributed by atoms with E-state index in [1.54, 1.807) is 6.92 Å². The Morgan fingerprint density at radius 2 is 2.04 bits per heavy atom. The smallest absolute Gasteiger partial charge is 0.417 e. The Hall–Kier alpha value is -2.58. The number of methoxy groups -OCH3 is 1. The number of nitrogens with zero attached hydrogens (tertiary/aromatic N) is 3. The van der Waals surface area contributed by atoms with Gasteiger partial charge < -0.3 is 9.47 Å². The molecule has 23 heavy (non-hydrogen) atoms. The average molecular weight is 329 g/mol. The summed E-state index contributed by atoms with van der Waals surface area (Å²) in [6.07, 6.45) is -3.56. The average Bonchev–Trinajstić information content (AvgIpc) is 2.88. The molecule has 6 nitrogen and oxygen atoms in total. The molecule has 0 saturated heterocycles. The second-order valence-electron chi connectivity index (χ2n) is 4.53. The fraction of sp³-hybridized carbons (Fsp3) is 0.357. The number of hydrogen-bond donors (Lipinski definition) is 0. The number of halogens is 3. The third-order valence-electron chi connectivity index (χ3n) is 3.03. The van der Waals surface area contributed by atoms with E-state index in [4.69, 9.17) is 4.74 Å². The van der Waals surface area contributed by atoms with Crippen molar-refractivity contribution in [1.29, 1.82) is 0 Å². The minimum atomic E-state index is -4.61. The standard InChI is InChI=1S/C14H14F3N3O3/c1-4-23-12-5-9(14(15,16)17)8(7-18-12)11-6-10(13(21)22-3)19-20(11)2/h5-7H,4H2,1-3H3. The Kier molecular flexibility index (Phi) is 4.57. The van der Waals surface area contributed by atoms with Crippen molar-refractivity contribution >= 4 is 5.97 Å². The number of esters is 1. The first-order valence-electron chi connectivity index (χ1n) is 6.60. The number of pyridine rings is 1. The molecule has 0 fully saturated rings. The lowest BCUT2D eigenvalue weighted by Crippen LogP contribution is -2.10. The molecule has 0 aromatic carbocycles. The van der Waals surface area contributed by atoms with Crippen LogP contribution in [0.1, 0.15) is 23.0 Å². The minimum Gasteiger partial charge on any atom is -0.478 e. The predicted molar refractivity (Wildman–Crippen MR) is 73.9 cm³/mol. The summed E-state index contributed by atoms with van der Waals surface area (Å²) >= 11 is 0. The highest BCUT2D eigenvalue weighted by Crippen LogP contribution is 2.38. The second-order valence-corrected chi connectivity index (χ2v) is 4.53. The highest BCUT2D eigenvalue weighted by molar-refractivity contribution is 5.88. The number of carbonyl (C=O) groups excluding carboxylic acids is 1. The molecule has 0 aliphatic rings. The van der Waals surface area contributed by atoms with Crippen molar-refractivity contribution in [1.82, 2.24) is 14.8 Å². The van der Waals surface area contributed by atoms with Gasteiger partial charge in [0.25, 0.3) is 0 Å². The van der Waals surface area contributed by atoms with Crippen molar-refractivity contribution in [3.63, 3.8) is 0 Å². The first-order valence-corrected chi connectivity index (χ1v) is 6.60. The van der Waals surface area contributed by atoms with Crippen molar-refractivity contribution < 1.29 is 27.4 Å². The van der Waals surface area contributed by atoms with Gasteiger partial charge in [-0.15, -0.1) is 0 Å². The molecule has 2 heterocycles. The number of carbonyl (C=O) groups is 1. The van der Waals surface area contributed by atoms with Crippen LogP contribution < -0.4 is 4.74 Å². The van der Waals surface area contributed by atoms with Gasteiger partial charge in [0.05, 0.1) is 25.0 Å². The number of aryl methyl sites for hydroxylation is 1. The van der Waals surface area contributed by atoms with Crippen molar-refractivity contribution in [3.8, 4) is 17.1 Å². The van der Waals surface area contributed by atoms with Gasteiger partial charge in [-0.2, -0.15) is 18.3 Å². The van der Waals surface area contributed by atoms with Crippen LogP contribution in [0.25, 0.3) is 11.3 Å². The molecule has 2 aromatic heterocycles. The summed E-state index contributed by atoms with van der Waals surface area (Å²) < 4.78 is 50.6. The summed E-state index contributed by atoms with van der Waals surface area (Å²) in [5.74, 6) is -0.863. The molecule has 0 amide bonds. The minimum absolute atomic E-state index is 0.0907. The lowest BCUT2D eigenvalue weighted by Gasteiger charge is -2.14. The van der Waals surface area contributed by atoms with Gasteiger partial charge in [0.15, 0.2) is 5.69 Å². The van der Waals surface area contributed by atoms with E-state index in [9.17, 15) is 18.0 Å². The van der Waals surface area contributed by atoms with Crippen LogP contribution in [0.2, 0.25) is 0 Å². The van der Waals surface area contributed by atoms with Gasteiger partial charge in [0, 0.05) is 24.9 Å². The maximum absolute atomic E-state index is 13.3. The number of hydrogen-bond acceptors (Lipinski definition) is 5. The highest BCUT2D eigenvalue weighted by atomic mass is 19.4. The van der Waals surface area contributed by atoms with Crippen LogP contribution in [-0.4, -0.2) is 34.5 Å². The van der Waals surface area contributed by atoms with Crippen LogP contribution in [0.5, 0.6) is 5.88 Å². The zero-order valence-electron chi connectivity index (χ0n) is 12.6. The highest BCUT2D eigenvalue weighted by Gasteiger charge is 2.35. The zero-order valence-corrected chi connectivity index (χ0v) is 12.6. The Bertz CT molecular complexity index is 726. The second kappa shape index (κ2) is 6.27. The molecule has 0 radical (unpaired) electrons. The predicted octanol–water partition coefficient (Wildman–Crippen LogP) is 2.69. The van der Waals surface area contributed by atoms with E-state index in [0.29, 0.717) is 0 Å². The molecule has 9 heteroatoms. The Morgan fingerprint density at radius 3 is 2.61 bits per heavy atom. The zero-order chi connectivity index (χ0) is 17.2. The van der Waals surface area contributed by atoms with Crippen LogP contribution in [0.15, 0.2) is 18.3 Å². The maximum Gasteiger partial charge on any atom is 0.417 e. The van der Waals surface area contributed by atoms with Crippen molar-refractivity contribution in [2.24, 2.45) is 7.05 Å². The summed E-state index contributed by atoms with van der Waals surface area (Å²) in [6, 6.07) is 2.04. The van der Waals surface area contributed by atoms with Crippen LogP contribution >= 0.6 is 0 Å². The van der Waals surface area contributed by atoms with E-state index < -0.39 is 17.7 Å². The van der Waals surface area contributed by atoms with Gasteiger partial charge in [-0.3, -0.25) is 4.68 Å². The quantitative estimate of drug-likeness (QED) is 0.807. The number of ether oxygens (including phenoxy) is 2. The fourth-order valence-electron chi connectivity index (χ4n) is 2.03. The fourth-order valence-corrected chi connectivity index (χ4v) is 2.03. The molecule has 0 saturated carbocycles. The van der Waals surface area contributed by atoms with Crippen LogP contribution in [0.3, 0.4) is 0 Å². The summed E-state index contributed by atoms with van der Waals surface area (Å²) in [5.41, 5.74) is -1.12. The van der Waals surface area contributed by atoms with E-state index >= 15 is 0 Å². The summed E-state index contributed by atoms with van der Waals surface area (Å²) in [5, 5.41) is 3.86. The van der Waals surface area contributed by atoms with Crippen molar-refractivity contribution in [3.05, 3.63) is 29.6 Å². The van der Waals surface area contributed by atoms with E-state index in [1.165, 1.54) is 17.8 Å².